The lowest BCUT2D eigenvalue weighted by molar-refractivity contribution is 0.0928. The van der Waals surface area contributed by atoms with Crippen molar-refractivity contribution in [1.82, 2.24) is 24.4 Å². The van der Waals surface area contributed by atoms with E-state index in [4.69, 9.17) is 0 Å². The third-order valence-electron chi connectivity index (χ3n) is 3.92. The predicted molar refractivity (Wildman–Crippen MR) is 88.9 cm³/mol. The first-order chi connectivity index (χ1) is 11.4. The number of H-pyrrole nitrogens is 1. The maximum Gasteiger partial charge on any atom is 0.331 e. The summed E-state index contributed by atoms with van der Waals surface area (Å²) in [7, 11) is 2.81. The van der Waals surface area contributed by atoms with E-state index in [2.05, 4.69) is 15.3 Å². The van der Waals surface area contributed by atoms with Crippen LogP contribution in [0.5, 0.6) is 0 Å². The van der Waals surface area contributed by atoms with Crippen molar-refractivity contribution >= 4 is 16.9 Å². The molecule has 3 aromatic rings. The van der Waals surface area contributed by atoms with Crippen LogP contribution < -0.4 is 16.6 Å². The second-order valence-corrected chi connectivity index (χ2v) is 5.60. The van der Waals surface area contributed by atoms with Crippen molar-refractivity contribution in [3.63, 3.8) is 0 Å². The van der Waals surface area contributed by atoms with Crippen LogP contribution in [0.25, 0.3) is 11.0 Å². The van der Waals surface area contributed by atoms with Crippen LogP contribution in [-0.4, -0.2) is 25.0 Å². The Labute approximate surface area is 136 Å². The number of imidazole rings is 1. The van der Waals surface area contributed by atoms with Gasteiger partial charge in [-0.1, -0.05) is 12.1 Å². The van der Waals surface area contributed by atoms with Gasteiger partial charge >= 0.3 is 5.69 Å². The number of nitrogens with one attached hydrogen (secondary N) is 2. The number of hydrogen-bond donors (Lipinski definition) is 2. The third-order valence-corrected chi connectivity index (χ3v) is 3.92. The van der Waals surface area contributed by atoms with Crippen LogP contribution >= 0.6 is 0 Å². The Bertz CT molecular complexity index is 1010. The number of fused-ring (bicyclic) bond motifs is 1. The molecule has 0 aliphatic heterocycles. The number of para-hydroxylation sites is 2. The summed E-state index contributed by atoms with van der Waals surface area (Å²) in [4.78, 5) is 43.6. The van der Waals surface area contributed by atoms with Gasteiger partial charge in [-0.05, 0) is 19.1 Å². The minimum atomic E-state index is -0.552. The molecule has 0 saturated carbocycles. The molecule has 0 fully saturated rings. The van der Waals surface area contributed by atoms with Gasteiger partial charge in [0.15, 0.2) is 0 Å². The molecule has 8 heteroatoms. The summed E-state index contributed by atoms with van der Waals surface area (Å²) < 4.78 is 2.08. The zero-order chi connectivity index (χ0) is 17.4. The highest BCUT2D eigenvalue weighted by molar-refractivity contribution is 5.92. The summed E-state index contributed by atoms with van der Waals surface area (Å²) >= 11 is 0. The molecule has 0 aliphatic carbocycles. The van der Waals surface area contributed by atoms with Crippen LogP contribution in [0.1, 0.15) is 29.3 Å². The van der Waals surface area contributed by atoms with Gasteiger partial charge in [-0.2, -0.15) is 0 Å². The lowest BCUT2D eigenvalue weighted by atomic mass is 10.3. The van der Waals surface area contributed by atoms with Gasteiger partial charge in [0.25, 0.3) is 11.5 Å². The molecule has 0 saturated heterocycles. The SMILES string of the molecule is C[C@@H](NC(=O)c1cc(=O)n(C)c(=O)n1C)c1nc2ccccc2[nH]1. The first-order valence-electron chi connectivity index (χ1n) is 7.41. The fourth-order valence-electron chi connectivity index (χ4n) is 2.47. The van der Waals surface area contributed by atoms with Crippen molar-refractivity contribution in [3.8, 4) is 0 Å². The summed E-state index contributed by atoms with van der Waals surface area (Å²) in [5.74, 6) is 0.0821. The van der Waals surface area contributed by atoms with Crippen molar-refractivity contribution in [1.29, 1.82) is 0 Å². The van der Waals surface area contributed by atoms with Gasteiger partial charge in [0.05, 0.1) is 17.1 Å². The molecular formula is C16H17N5O3. The summed E-state index contributed by atoms with van der Waals surface area (Å²) in [6.45, 7) is 1.77. The van der Waals surface area contributed by atoms with Gasteiger partial charge in [-0.15, -0.1) is 0 Å². The highest BCUT2D eigenvalue weighted by atomic mass is 16.2. The summed E-state index contributed by atoms with van der Waals surface area (Å²) in [5.41, 5.74) is 0.596. The minimum Gasteiger partial charge on any atom is -0.341 e. The van der Waals surface area contributed by atoms with Gasteiger partial charge in [0.2, 0.25) is 0 Å². The second-order valence-electron chi connectivity index (χ2n) is 5.60. The number of hydrogen-bond acceptors (Lipinski definition) is 4. The average molecular weight is 327 g/mol. The summed E-state index contributed by atoms with van der Waals surface area (Å²) in [6, 6.07) is 8.26. The lowest BCUT2D eigenvalue weighted by Crippen LogP contribution is -2.41. The number of amides is 1. The van der Waals surface area contributed by atoms with E-state index in [0.717, 1.165) is 26.2 Å². The Balaban J connectivity index is 1.89. The van der Waals surface area contributed by atoms with Gasteiger partial charge < -0.3 is 10.3 Å². The molecule has 0 bridgehead atoms. The molecule has 124 valence electrons. The predicted octanol–water partition coefficient (Wildman–Crippen LogP) is 0.451. The van der Waals surface area contributed by atoms with E-state index >= 15 is 0 Å². The number of carbonyl (C=O) groups is 1. The molecule has 3 rings (SSSR count). The highest BCUT2D eigenvalue weighted by Gasteiger charge is 2.18. The first-order valence-corrected chi connectivity index (χ1v) is 7.41. The third kappa shape index (κ3) is 2.62. The second kappa shape index (κ2) is 5.80. The first kappa shape index (κ1) is 15.7. The quantitative estimate of drug-likeness (QED) is 0.729. The van der Waals surface area contributed by atoms with E-state index in [1.807, 2.05) is 24.3 Å². The van der Waals surface area contributed by atoms with Gasteiger partial charge in [0.1, 0.15) is 11.5 Å². The van der Waals surface area contributed by atoms with Gasteiger partial charge in [-0.3, -0.25) is 18.7 Å². The van der Waals surface area contributed by atoms with Crippen molar-refractivity contribution in [3.05, 3.63) is 62.7 Å². The van der Waals surface area contributed by atoms with E-state index in [0.29, 0.717) is 5.82 Å². The fourth-order valence-corrected chi connectivity index (χ4v) is 2.47. The molecule has 8 nitrogen and oxygen atoms in total. The molecule has 0 spiro atoms. The number of nitrogens with zero attached hydrogens (tertiary/aromatic N) is 3. The Morgan fingerprint density at radius 3 is 2.62 bits per heavy atom. The molecule has 1 amide bonds. The zero-order valence-corrected chi connectivity index (χ0v) is 13.5. The molecule has 2 aromatic heterocycles. The molecule has 0 unspecified atom stereocenters. The number of aromatic amines is 1. The molecule has 0 aliphatic rings. The van der Waals surface area contributed by atoms with E-state index in [1.54, 1.807) is 6.92 Å². The largest absolute Gasteiger partial charge is 0.341 e. The molecule has 2 N–H and O–H groups in total. The maximum absolute atomic E-state index is 12.4. The monoisotopic (exact) mass is 327 g/mol. The number of benzene rings is 1. The van der Waals surface area contributed by atoms with Crippen LogP contribution in [0.15, 0.2) is 39.9 Å². The van der Waals surface area contributed by atoms with Crippen LogP contribution in [0.4, 0.5) is 0 Å². The molecule has 0 radical (unpaired) electrons. The summed E-state index contributed by atoms with van der Waals surface area (Å²) in [5, 5.41) is 2.75. The van der Waals surface area contributed by atoms with E-state index in [-0.39, 0.29) is 5.69 Å². The van der Waals surface area contributed by atoms with Crippen LogP contribution in [-0.2, 0) is 14.1 Å². The smallest absolute Gasteiger partial charge is 0.331 e. The van der Waals surface area contributed by atoms with Crippen LogP contribution in [0.2, 0.25) is 0 Å². The molecule has 2 heterocycles. The molecular weight excluding hydrogens is 310 g/mol. The van der Waals surface area contributed by atoms with E-state index in [1.165, 1.54) is 14.1 Å². The van der Waals surface area contributed by atoms with Gasteiger partial charge in [-0.25, -0.2) is 9.78 Å². The number of rotatable bonds is 3. The molecule has 1 atom stereocenters. The topological polar surface area (TPSA) is 102 Å². The van der Waals surface area contributed by atoms with Crippen molar-refractivity contribution in [2.45, 2.75) is 13.0 Å². The molecule has 24 heavy (non-hydrogen) atoms. The van der Waals surface area contributed by atoms with Gasteiger partial charge in [0, 0.05) is 20.2 Å². The fraction of sp³-hybridized carbons (Fsp3) is 0.250. The minimum absolute atomic E-state index is 0.00561. The van der Waals surface area contributed by atoms with Crippen molar-refractivity contribution in [2.24, 2.45) is 14.1 Å². The zero-order valence-electron chi connectivity index (χ0n) is 13.5. The van der Waals surface area contributed by atoms with E-state index in [9.17, 15) is 14.4 Å². The Hall–Kier alpha value is -3.16. The Morgan fingerprint density at radius 1 is 1.21 bits per heavy atom. The Kier molecular flexibility index (Phi) is 3.80. The normalized spacial score (nSPS) is 12.3. The maximum atomic E-state index is 12.4. The Morgan fingerprint density at radius 2 is 1.92 bits per heavy atom. The van der Waals surface area contributed by atoms with E-state index < -0.39 is 23.2 Å². The van der Waals surface area contributed by atoms with Crippen molar-refractivity contribution < 1.29 is 4.79 Å². The highest BCUT2D eigenvalue weighted by Crippen LogP contribution is 2.15. The number of carbonyl (C=O) groups excluding carboxylic acids is 1. The average Bonchev–Trinajstić information content (AvgIpc) is 3.00. The van der Waals surface area contributed by atoms with Crippen LogP contribution in [0.3, 0.4) is 0 Å². The van der Waals surface area contributed by atoms with Crippen molar-refractivity contribution in [2.75, 3.05) is 0 Å². The molecule has 1 aromatic carbocycles. The lowest BCUT2D eigenvalue weighted by Gasteiger charge is -2.13. The summed E-state index contributed by atoms with van der Waals surface area (Å²) in [6.07, 6.45) is 0. The van der Waals surface area contributed by atoms with Crippen LogP contribution in [0, 0.1) is 0 Å². The standard InChI is InChI=1S/C16H17N5O3/c1-9(14-18-10-6-4-5-7-11(10)19-14)17-15(23)12-8-13(22)21(3)16(24)20(12)2/h4-9H,1-3H3,(H,17,23)(H,18,19)/t9-/m1/s1. The number of aromatic nitrogens is 4.